The fraction of sp³-hybridized carbons (Fsp3) is 0.300. The van der Waals surface area contributed by atoms with Gasteiger partial charge in [-0.15, -0.1) is 0 Å². The number of thioether (sulfide) groups is 1. The zero-order valence-corrected chi connectivity index (χ0v) is 11.4. The van der Waals surface area contributed by atoms with Crippen LogP contribution in [-0.4, -0.2) is 17.9 Å². The number of hydrogen-bond donors (Lipinski definition) is 1. The number of carbonyl (C=O) groups excluding carboxylic acids is 1. The number of benzene rings is 1. The van der Waals surface area contributed by atoms with Gasteiger partial charge in [0.05, 0.1) is 15.2 Å². The van der Waals surface area contributed by atoms with Crippen LogP contribution in [0.5, 0.6) is 0 Å². The molecule has 1 N–H and O–H groups in total. The van der Waals surface area contributed by atoms with Gasteiger partial charge in [0.2, 0.25) is 5.91 Å². The highest BCUT2D eigenvalue weighted by atomic mass is 79.9. The van der Waals surface area contributed by atoms with Crippen molar-refractivity contribution in [1.82, 2.24) is 0 Å². The fourth-order valence-electron chi connectivity index (χ4n) is 1.01. The van der Waals surface area contributed by atoms with Gasteiger partial charge in [-0.25, -0.2) is 0 Å². The third-order valence-electron chi connectivity index (χ3n) is 1.76. The molecular weight excluding hydrogens is 298 g/mol. The normalized spacial score (nSPS) is 10.1. The van der Waals surface area contributed by atoms with Crippen molar-refractivity contribution in [2.24, 2.45) is 0 Å². The van der Waals surface area contributed by atoms with Gasteiger partial charge in [0.15, 0.2) is 0 Å². The van der Waals surface area contributed by atoms with Gasteiger partial charge in [0.25, 0.3) is 0 Å². The second kappa shape index (κ2) is 6.40. The minimum atomic E-state index is 0.00677. The Labute approximate surface area is 107 Å². The molecule has 0 saturated carbocycles. The average molecular weight is 309 g/mol. The van der Waals surface area contributed by atoms with Crippen molar-refractivity contribution in [1.29, 1.82) is 0 Å². The Morgan fingerprint density at radius 1 is 1.60 bits per heavy atom. The molecule has 82 valence electrons. The predicted molar refractivity (Wildman–Crippen MR) is 70.8 cm³/mol. The van der Waals surface area contributed by atoms with E-state index in [0.717, 1.165) is 10.2 Å². The van der Waals surface area contributed by atoms with E-state index in [2.05, 4.69) is 21.2 Å². The molecule has 0 fully saturated rings. The predicted octanol–water partition coefficient (Wildman–Crippen LogP) is 3.79. The maximum atomic E-state index is 11.4. The Balaban J connectivity index is 2.64. The van der Waals surface area contributed by atoms with Crippen LogP contribution in [0.2, 0.25) is 5.02 Å². The van der Waals surface area contributed by atoms with Crippen molar-refractivity contribution in [2.75, 3.05) is 17.3 Å². The van der Waals surface area contributed by atoms with Gasteiger partial charge in [0.1, 0.15) is 0 Å². The second-order valence-corrected chi connectivity index (χ2v) is 5.08. The number of carbonyl (C=O) groups is 1. The summed E-state index contributed by atoms with van der Waals surface area (Å²) in [5.41, 5.74) is 0.716. The van der Waals surface area contributed by atoms with Gasteiger partial charge in [-0.2, -0.15) is 11.8 Å². The lowest BCUT2D eigenvalue weighted by Gasteiger charge is -2.07. The molecule has 1 aromatic carbocycles. The topological polar surface area (TPSA) is 29.1 Å². The van der Waals surface area contributed by atoms with E-state index in [1.54, 1.807) is 23.9 Å². The Morgan fingerprint density at radius 2 is 2.33 bits per heavy atom. The lowest BCUT2D eigenvalue weighted by atomic mass is 10.3. The third-order valence-corrected chi connectivity index (χ3v) is 3.77. The number of nitrogens with one attached hydrogen (secondary N) is 1. The van der Waals surface area contributed by atoms with Gasteiger partial charge >= 0.3 is 0 Å². The summed E-state index contributed by atoms with van der Waals surface area (Å²) < 4.78 is 0.726. The lowest BCUT2D eigenvalue weighted by Crippen LogP contribution is -2.12. The van der Waals surface area contributed by atoms with Crippen molar-refractivity contribution < 1.29 is 4.79 Å². The van der Waals surface area contributed by atoms with E-state index in [1.165, 1.54) is 0 Å². The molecule has 1 rings (SSSR count). The molecule has 0 radical (unpaired) electrons. The summed E-state index contributed by atoms with van der Waals surface area (Å²) in [6.07, 6.45) is 2.49. The van der Waals surface area contributed by atoms with Crippen LogP contribution in [-0.2, 0) is 4.79 Å². The van der Waals surface area contributed by atoms with Crippen LogP contribution in [0, 0.1) is 0 Å². The number of anilines is 1. The molecular formula is C10H11BrClNOS. The molecule has 2 nitrogen and oxygen atoms in total. The van der Waals surface area contributed by atoms with Crippen molar-refractivity contribution in [2.45, 2.75) is 6.42 Å². The molecule has 0 heterocycles. The Bertz CT molecular complexity index is 359. The molecule has 0 saturated heterocycles. The van der Waals surface area contributed by atoms with E-state index >= 15 is 0 Å². The summed E-state index contributed by atoms with van der Waals surface area (Å²) in [5, 5.41) is 3.40. The highest BCUT2D eigenvalue weighted by Crippen LogP contribution is 2.30. The van der Waals surface area contributed by atoms with E-state index in [4.69, 9.17) is 11.6 Å². The van der Waals surface area contributed by atoms with Crippen LogP contribution in [0.1, 0.15) is 6.42 Å². The van der Waals surface area contributed by atoms with Gasteiger partial charge in [-0.3, -0.25) is 4.79 Å². The van der Waals surface area contributed by atoms with Gasteiger partial charge in [0, 0.05) is 12.2 Å². The minimum absolute atomic E-state index is 0.00677. The summed E-state index contributed by atoms with van der Waals surface area (Å²) in [7, 11) is 0. The van der Waals surface area contributed by atoms with E-state index in [0.29, 0.717) is 17.1 Å². The van der Waals surface area contributed by atoms with E-state index in [-0.39, 0.29) is 5.91 Å². The first kappa shape index (κ1) is 12.9. The van der Waals surface area contributed by atoms with E-state index < -0.39 is 0 Å². The Morgan fingerprint density at radius 3 is 3.00 bits per heavy atom. The quantitative estimate of drug-likeness (QED) is 0.917. The molecule has 0 aliphatic rings. The zero-order valence-electron chi connectivity index (χ0n) is 8.22. The smallest absolute Gasteiger partial charge is 0.225 e. The van der Waals surface area contributed by atoms with Crippen molar-refractivity contribution in [3.8, 4) is 0 Å². The summed E-state index contributed by atoms with van der Waals surface area (Å²) in [5.74, 6) is 0.830. The van der Waals surface area contributed by atoms with Gasteiger partial charge in [-0.1, -0.05) is 17.7 Å². The summed E-state index contributed by atoms with van der Waals surface area (Å²) in [6, 6.07) is 5.38. The molecule has 0 bridgehead atoms. The molecule has 0 aliphatic carbocycles. The number of halogens is 2. The van der Waals surface area contributed by atoms with Gasteiger partial charge < -0.3 is 5.32 Å². The maximum absolute atomic E-state index is 11.4. The third kappa shape index (κ3) is 4.05. The number of hydrogen-bond acceptors (Lipinski definition) is 2. The van der Waals surface area contributed by atoms with Crippen LogP contribution >= 0.6 is 39.3 Å². The summed E-state index contributed by atoms with van der Waals surface area (Å²) >= 11 is 10.9. The second-order valence-electron chi connectivity index (χ2n) is 2.89. The van der Waals surface area contributed by atoms with Crippen LogP contribution in [0.4, 0.5) is 5.69 Å². The monoisotopic (exact) mass is 307 g/mol. The van der Waals surface area contributed by atoms with Crippen LogP contribution in [0.25, 0.3) is 0 Å². The molecule has 0 spiro atoms. The first-order chi connectivity index (χ1) is 7.15. The SMILES string of the molecule is CSCCC(=O)Nc1cccc(Cl)c1Br. The van der Waals surface area contributed by atoms with Crippen molar-refractivity contribution >= 4 is 50.9 Å². The highest BCUT2D eigenvalue weighted by molar-refractivity contribution is 9.10. The van der Waals surface area contributed by atoms with Crippen LogP contribution in [0.15, 0.2) is 22.7 Å². The van der Waals surface area contributed by atoms with Crippen molar-refractivity contribution in [3.05, 3.63) is 27.7 Å². The van der Waals surface area contributed by atoms with Crippen LogP contribution in [0.3, 0.4) is 0 Å². The van der Waals surface area contributed by atoms with E-state index in [9.17, 15) is 4.79 Å². The highest BCUT2D eigenvalue weighted by Gasteiger charge is 2.06. The number of rotatable bonds is 4. The lowest BCUT2D eigenvalue weighted by molar-refractivity contribution is -0.115. The first-order valence-corrected chi connectivity index (χ1v) is 6.94. The molecule has 0 unspecified atom stereocenters. The largest absolute Gasteiger partial charge is 0.325 e. The molecule has 5 heteroatoms. The van der Waals surface area contributed by atoms with Crippen LogP contribution < -0.4 is 5.32 Å². The number of amides is 1. The Kier molecular flexibility index (Phi) is 5.50. The standard InChI is InChI=1S/C10H11BrClNOS/c1-15-6-5-9(14)13-8-4-2-3-7(12)10(8)11/h2-4H,5-6H2,1H3,(H,13,14). The summed E-state index contributed by atoms with van der Waals surface area (Å²) in [4.78, 5) is 11.4. The fourth-order valence-corrected chi connectivity index (χ4v) is 1.94. The van der Waals surface area contributed by atoms with E-state index in [1.807, 2.05) is 12.3 Å². The molecule has 15 heavy (non-hydrogen) atoms. The average Bonchev–Trinajstić information content (AvgIpc) is 2.22. The zero-order chi connectivity index (χ0) is 11.3. The summed E-state index contributed by atoms with van der Waals surface area (Å²) in [6.45, 7) is 0. The Hall–Kier alpha value is -0.190. The molecule has 0 atom stereocenters. The molecule has 1 amide bonds. The van der Waals surface area contributed by atoms with Gasteiger partial charge in [-0.05, 0) is 34.3 Å². The maximum Gasteiger partial charge on any atom is 0.225 e. The molecule has 1 aromatic rings. The molecule has 0 aliphatic heterocycles. The van der Waals surface area contributed by atoms with Crippen molar-refractivity contribution in [3.63, 3.8) is 0 Å². The molecule has 0 aromatic heterocycles. The first-order valence-electron chi connectivity index (χ1n) is 4.38. The minimum Gasteiger partial charge on any atom is -0.325 e.